The van der Waals surface area contributed by atoms with Crippen molar-refractivity contribution in [2.45, 2.75) is 32.4 Å². The number of rotatable bonds is 6. The van der Waals surface area contributed by atoms with E-state index >= 15 is 0 Å². The van der Waals surface area contributed by atoms with Gasteiger partial charge in [-0.1, -0.05) is 0 Å². The molecule has 1 aliphatic rings. The number of aliphatic hydroxyl groups excluding tert-OH is 1. The summed E-state index contributed by atoms with van der Waals surface area (Å²) in [6.45, 7) is 8.39. The third kappa shape index (κ3) is 3.57. The van der Waals surface area contributed by atoms with E-state index < -0.39 is 6.10 Å². The molecule has 1 saturated heterocycles. The first kappa shape index (κ1) is 13.6. The Bertz CT molecular complexity index is 338. The van der Waals surface area contributed by atoms with Gasteiger partial charge in [-0.05, 0) is 51.4 Å². The number of likely N-dealkylation sites (tertiary alicyclic amines) is 1. The summed E-state index contributed by atoms with van der Waals surface area (Å²) in [6.07, 6.45) is 2.31. The lowest BCUT2D eigenvalue weighted by atomic mass is 10.1. The molecule has 0 aliphatic carbocycles. The third-order valence-corrected chi connectivity index (χ3v) is 3.69. The predicted octanol–water partition coefficient (Wildman–Crippen LogP) is 1.63. The van der Waals surface area contributed by atoms with Gasteiger partial charge >= 0.3 is 0 Å². The minimum absolute atomic E-state index is 0.539. The Balaban J connectivity index is 1.64. The van der Waals surface area contributed by atoms with Crippen LogP contribution in [0, 0.1) is 5.92 Å². The van der Waals surface area contributed by atoms with E-state index in [1.54, 1.807) is 12.3 Å². The molecule has 1 aromatic heterocycles. The summed E-state index contributed by atoms with van der Waals surface area (Å²) in [6, 6.07) is 4.25. The van der Waals surface area contributed by atoms with E-state index in [0.717, 1.165) is 6.54 Å². The first-order valence-electron chi connectivity index (χ1n) is 6.83. The summed E-state index contributed by atoms with van der Waals surface area (Å²) < 4.78 is 5.17. The fraction of sp³-hybridized carbons (Fsp3) is 0.714. The average molecular weight is 252 g/mol. The molecule has 1 aliphatic heterocycles. The maximum atomic E-state index is 9.86. The minimum atomic E-state index is -0.539. The molecule has 2 atom stereocenters. The molecule has 1 aromatic rings. The number of hydrogen-bond donors (Lipinski definition) is 2. The maximum Gasteiger partial charge on any atom is 0.133 e. The van der Waals surface area contributed by atoms with Gasteiger partial charge in [-0.2, -0.15) is 0 Å². The highest BCUT2D eigenvalue weighted by atomic mass is 16.4. The fourth-order valence-corrected chi connectivity index (χ4v) is 2.50. The smallest absolute Gasteiger partial charge is 0.133 e. The normalized spacial score (nSPS) is 22.8. The van der Waals surface area contributed by atoms with Crippen LogP contribution in [0.2, 0.25) is 0 Å². The van der Waals surface area contributed by atoms with Crippen molar-refractivity contribution in [2.75, 3.05) is 26.2 Å². The van der Waals surface area contributed by atoms with E-state index in [9.17, 15) is 5.11 Å². The van der Waals surface area contributed by atoms with E-state index in [4.69, 9.17) is 4.42 Å². The second-order valence-electron chi connectivity index (χ2n) is 5.43. The highest BCUT2D eigenvalue weighted by Crippen LogP contribution is 2.18. The standard InChI is InChI=1S/C14H24N2O2/c1-11(2)16-6-5-12(10-16)8-15-9-13(17)14-4-3-7-18-14/h3-4,7,11-13,15,17H,5-6,8-10H2,1-2H3. The molecule has 0 radical (unpaired) electrons. The molecular formula is C14H24N2O2. The van der Waals surface area contributed by atoms with Gasteiger partial charge in [0.1, 0.15) is 11.9 Å². The second kappa shape index (κ2) is 6.36. The first-order chi connectivity index (χ1) is 8.66. The minimum Gasteiger partial charge on any atom is -0.467 e. The third-order valence-electron chi connectivity index (χ3n) is 3.69. The van der Waals surface area contributed by atoms with Crippen LogP contribution in [0.3, 0.4) is 0 Å². The molecule has 4 heteroatoms. The van der Waals surface area contributed by atoms with Crippen LogP contribution in [0.1, 0.15) is 32.1 Å². The Morgan fingerprint density at radius 1 is 1.56 bits per heavy atom. The van der Waals surface area contributed by atoms with Crippen molar-refractivity contribution in [3.63, 3.8) is 0 Å². The molecule has 0 aromatic carbocycles. The molecule has 0 amide bonds. The molecule has 2 rings (SSSR count). The van der Waals surface area contributed by atoms with E-state index in [-0.39, 0.29) is 0 Å². The fourth-order valence-electron chi connectivity index (χ4n) is 2.50. The number of hydrogen-bond acceptors (Lipinski definition) is 4. The highest BCUT2D eigenvalue weighted by Gasteiger charge is 2.23. The van der Waals surface area contributed by atoms with Gasteiger partial charge < -0.3 is 19.7 Å². The number of aliphatic hydroxyl groups is 1. The summed E-state index contributed by atoms with van der Waals surface area (Å²) in [5.41, 5.74) is 0. The van der Waals surface area contributed by atoms with E-state index in [1.807, 2.05) is 6.07 Å². The zero-order valence-corrected chi connectivity index (χ0v) is 11.3. The summed E-state index contributed by atoms with van der Waals surface area (Å²) >= 11 is 0. The van der Waals surface area contributed by atoms with Crippen LogP contribution in [-0.4, -0.2) is 42.2 Å². The Hall–Kier alpha value is -0.840. The average Bonchev–Trinajstić information content (AvgIpc) is 3.00. The van der Waals surface area contributed by atoms with Gasteiger partial charge in [0.2, 0.25) is 0 Å². The van der Waals surface area contributed by atoms with Gasteiger partial charge in [-0.25, -0.2) is 0 Å². The lowest BCUT2D eigenvalue weighted by molar-refractivity contribution is 0.145. The topological polar surface area (TPSA) is 48.6 Å². The predicted molar refractivity (Wildman–Crippen MR) is 71.4 cm³/mol. The molecule has 0 saturated carbocycles. The van der Waals surface area contributed by atoms with E-state index in [0.29, 0.717) is 24.3 Å². The Morgan fingerprint density at radius 2 is 2.39 bits per heavy atom. The highest BCUT2D eigenvalue weighted by molar-refractivity contribution is 5.02. The molecular weight excluding hydrogens is 228 g/mol. The van der Waals surface area contributed by atoms with Crippen LogP contribution in [0.4, 0.5) is 0 Å². The Morgan fingerprint density at radius 3 is 3.00 bits per heavy atom. The van der Waals surface area contributed by atoms with Crippen molar-refractivity contribution in [1.82, 2.24) is 10.2 Å². The molecule has 0 spiro atoms. The Kier molecular flexibility index (Phi) is 4.80. The zero-order valence-electron chi connectivity index (χ0n) is 11.3. The largest absolute Gasteiger partial charge is 0.467 e. The first-order valence-corrected chi connectivity index (χ1v) is 6.83. The van der Waals surface area contributed by atoms with Crippen LogP contribution in [0.25, 0.3) is 0 Å². The van der Waals surface area contributed by atoms with Gasteiger partial charge in [-0.15, -0.1) is 0 Å². The molecule has 2 N–H and O–H groups in total. The molecule has 1 fully saturated rings. The van der Waals surface area contributed by atoms with Gasteiger partial charge in [0, 0.05) is 19.1 Å². The molecule has 102 valence electrons. The number of nitrogens with zero attached hydrogens (tertiary/aromatic N) is 1. The SMILES string of the molecule is CC(C)N1CCC(CNCC(O)c2ccco2)C1. The molecule has 18 heavy (non-hydrogen) atoms. The van der Waals surface area contributed by atoms with Gasteiger partial charge in [0.05, 0.1) is 6.26 Å². The lowest BCUT2D eigenvalue weighted by Gasteiger charge is -2.20. The van der Waals surface area contributed by atoms with Crippen LogP contribution < -0.4 is 5.32 Å². The molecule has 4 nitrogen and oxygen atoms in total. The van der Waals surface area contributed by atoms with Crippen LogP contribution in [0.15, 0.2) is 22.8 Å². The quantitative estimate of drug-likeness (QED) is 0.808. The summed E-state index contributed by atoms with van der Waals surface area (Å²) in [7, 11) is 0. The number of nitrogens with one attached hydrogen (secondary N) is 1. The van der Waals surface area contributed by atoms with Crippen LogP contribution in [0.5, 0.6) is 0 Å². The lowest BCUT2D eigenvalue weighted by Crippen LogP contribution is -2.31. The van der Waals surface area contributed by atoms with Crippen molar-refractivity contribution in [3.8, 4) is 0 Å². The van der Waals surface area contributed by atoms with Crippen LogP contribution in [-0.2, 0) is 0 Å². The van der Waals surface area contributed by atoms with Crippen molar-refractivity contribution in [3.05, 3.63) is 24.2 Å². The summed E-state index contributed by atoms with van der Waals surface area (Å²) in [5.74, 6) is 1.34. The monoisotopic (exact) mass is 252 g/mol. The summed E-state index contributed by atoms with van der Waals surface area (Å²) in [4.78, 5) is 2.51. The van der Waals surface area contributed by atoms with Crippen molar-refractivity contribution in [1.29, 1.82) is 0 Å². The van der Waals surface area contributed by atoms with E-state index in [1.165, 1.54) is 19.5 Å². The van der Waals surface area contributed by atoms with Crippen molar-refractivity contribution < 1.29 is 9.52 Å². The van der Waals surface area contributed by atoms with Crippen molar-refractivity contribution in [2.24, 2.45) is 5.92 Å². The molecule has 0 bridgehead atoms. The van der Waals surface area contributed by atoms with E-state index in [2.05, 4.69) is 24.1 Å². The van der Waals surface area contributed by atoms with Gasteiger partial charge in [0.15, 0.2) is 0 Å². The van der Waals surface area contributed by atoms with Crippen molar-refractivity contribution >= 4 is 0 Å². The molecule has 2 heterocycles. The van der Waals surface area contributed by atoms with Crippen LogP contribution >= 0.6 is 0 Å². The molecule has 2 unspecified atom stereocenters. The second-order valence-corrected chi connectivity index (χ2v) is 5.43. The van der Waals surface area contributed by atoms with Gasteiger partial charge in [0.25, 0.3) is 0 Å². The Labute approximate surface area is 109 Å². The maximum absolute atomic E-state index is 9.86. The van der Waals surface area contributed by atoms with Gasteiger partial charge in [-0.3, -0.25) is 0 Å². The zero-order chi connectivity index (χ0) is 13.0. The summed E-state index contributed by atoms with van der Waals surface area (Å²) in [5, 5.41) is 13.2. The number of furan rings is 1.